The van der Waals surface area contributed by atoms with Crippen molar-refractivity contribution in [2.75, 3.05) is 11.5 Å². The first-order valence-electron chi connectivity index (χ1n) is 10.1. The van der Waals surface area contributed by atoms with E-state index < -0.39 is 15.8 Å². The Bertz CT molecular complexity index is 810. The Balaban J connectivity index is 1.89. The van der Waals surface area contributed by atoms with Gasteiger partial charge in [0, 0.05) is 12.8 Å². The number of aryl methyl sites for hydroxylation is 3. The minimum Gasteiger partial charge on any atom is -0.299 e. The van der Waals surface area contributed by atoms with Crippen LogP contribution in [-0.2, 0) is 32.3 Å². The summed E-state index contributed by atoms with van der Waals surface area (Å²) in [6.45, 7) is 6.17. The molecule has 0 N–H and O–H groups in total. The van der Waals surface area contributed by atoms with E-state index in [1.165, 1.54) is 0 Å². The van der Waals surface area contributed by atoms with Gasteiger partial charge in [-0.2, -0.15) is 0 Å². The van der Waals surface area contributed by atoms with Crippen LogP contribution in [0.1, 0.15) is 67.7 Å². The fraction of sp³-hybridized carbons (Fsp3) is 0.636. The first-order chi connectivity index (χ1) is 12.8. The maximum absolute atomic E-state index is 13.1. The molecule has 27 heavy (non-hydrogen) atoms. The van der Waals surface area contributed by atoms with Crippen molar-refractivity contribution < 1.29 is 18.0 Å². The Morgan fingerprint density at radius 3 is 2.00 bits per heavy atom. The molecule has 0 spiro atoms. The summed E-state index contributed by atoms with van der Waals surface area (Å²) in [6, 6.07) is 4.18. The van der Waals surface area contributed by atoms with Crippen LogP contribution in [0, 0.1) is 18.8 Å². The third-order valence-corrected chi connectivity index (χ3v) is 8.13. The van der Waals surface area contributed by atoms with Crippen LogP contribution in [0.2, 0.25) is 0 Å². The summed E-state index contributed by atoms with van der Waals surface area (Å²) >= 11 is 0. The van der Waals surface area contributed by atoms with Crippen molar-refractivity contribution in [2.24, 2.45) is 11.8 Å². The van der Waals surface area contributed by atoms with Crippen LogP contribution in [-0.4, -0.2) is 31.5 Å². The van der Waals surface area contributed by atoms with Gasteiger partial charge in [0.15, 0.2) is 9.84 Å². The van der Waals surface area contributed by atoms with Gasteiger partial charge in [0.25, 0.3) is 0 Å². The molecule has 1 aliphatic carbocycles. The maximum Gasteiger partial charge on any atom is 0.150 e. The number of hydrogen-bond donors (Lipinski definition) is 0. The lowest BCUT2D eigenvalue weighted by Crippen LogP contribution is -2.39. The van der Waals surface area contributed by atoms with Crippen LogP contribution in [0.4, 0.5) is 0 Å². The van der Waals surface area contributed by atoms with Crippen molar-refractivity contribution in [3.05, 3.63) is 34.4 Å². The highest BCUT2D eigenvalue weighted by Gasteiger charge is 2.42. The number of carbonyl (C=O) groups excluding carboxylic acids is 2. The zero-order chi connectivity index (χ0) is 19.8. The Kier molecular flexibility index (Phi) is 5.90. The summed E-state index contributed by atoms with van der Waals surface area (Å²) in [5.41, 5.74) is 4.28. The summed E-state index contributed by atoms with van der Waals surface area (Å²) in [4.78, 5) is 26.1. The molecular weight excluding hydrogens is 360 g/mol. The molecule has 1 saturated heterocycles. The molecule has 0 aromatic heterocycles. The van der Waals surface area contributed by atoms with Gasteiger partial charge in [0.05, 0.1) is 11.5 Å². The van der Waals surface area contributed by atoms with Crippen LogP contribution in [0.3, 0.4) is 0 Å². The highest BCUT2D eigenvalue weighted by atomic mass is 32.2. The van der Waals surface area contributed by atoms with Gasteiger partial charge in [0.1, 0.15) is 17.5 Å². The van der Waals surface area contributed by atoms with Gasteiger partial charge in [-0.3, -0.25) is 9.59 Å². The monoisotopic (exact) mass is 390 g/mol. The number of benzene rings is 1. The number of hydrogen-bond acceptors (Lipinski definition) is 4. The smallest absolute Gasteiger partial charge is 0.150 e. The van der Waals surface area contributed by atoms with E-state index in [-0.39, 0.29) is 34.9 Å². The minimum atomic E-state index is -3.03. The summed E-state index contributed by atoms with van der Waals surface area (Å²) in [6.07, 6.45) is 3.71. The number of sulfone groups is 1. The predicted molar refractivity (Wildman–Crippen MR) is 107 cm³/mol. The van der Waals surface area contributed by atoms with Gasteiger partial charge >= 0.3 is 0 Å². The van der Waals surface area contributed by atoms with E-state index >= 15 is 0 Å². The molecule has 1 aromatic rings. The second-order valence-electron chi connectivity index (χ2n) is 8.25. The van der Waals surface area contributed by atoms with Crippen molar-refractivity contribution in [3.63, 3.8) is 0 Å². The molecule has 1 aromatic carbocycles. The number of Topliss-reactive ketones (excluding diaryl/α,β-unsaturated/α-hetero) is 2. The average molecular weight is 391 g/mol. The van der Waals surface area contributed by atoms with E-state index in [0.717, 1.165) is 41.5 Å². The zero-order valence-electron chi connectivity index (χ0n) is 16.6. The predicted octanol–water partition coefficient (Wildman–Crippen LogP) is 3.58. The minimum absolute atomic E-state index is 0.0209. The zero-order valence-corrected chi connectivity index (χ0v) is 17.4. The highest BCUT2D eigenvalue weighted by molar-refractivity contribution is 7.91. The Morgan fingerprint density at radius 1 is 0.963 bits per heavy atom. The first kappa shape index (κ1) is 20.2. The fourth-order valence-electron chi connectivity index (χ4n) is 5.00. The molecule has 4 nitrogen and oxygen atoms in total. The molecule has 1 saturated carbocycles. The van der Waals surface area contributed by atoms with Crippen molar-refractivity contribution in [1.82, 2.24) is 0 Å². The quantitative estimate of drug-likeness (QED) is 0.737. The fourth-order valence-corrected chi connectivity index (χ4v) is 6.86. The van der Waals surface area contributed by atoms with E-state index in [1.54, 1.807) is 0 Å². The SMILES string of the molecule is CCc1cc(C)cc(CC)c1C1C(=O)CC(C2CCCS(=O)(=O)C2)CC1=O. The van der Waals surface area contributed by atoms with E-state index in [0.29, 0.717) is 19.3 Å². The van der Waals surface area contributed by atoms with E-state index in [1.807, 2.05) is 6.92 Å². The molecule has 3 rings (SSSR count). The molecule has 148 valence electrons. The van der Waals surface area contributed by atoms with Crippen molar-refractivity contribution in [1.29, 1.82) is 0 Å². The Morgan fingerprint density at radius 2 is 1.52 bits per heavy atom. The van der Waals surface area contributed by atoms with Gasteiger partial charge < -0.3 is 0 Å². The summed E-state index contributed by atoms with van der Waals surface area (Å²) in [5.74, 6) is -0.492. The summed E-state index contributed by atoms with van der Waals surface area (Å²) in [5, 5.41) is 0. The van der Waals surface area contributed by atoms with Crippen LogP contribution >= 0.6 is 0 Å². The third-order valence-electron chi connectivity index (χ3n) is 6.28. The first-order valence-corrected chi connectivity index (χ1v) is 12.0. The average Bonchev–Trinajstić information content (AvgIpc) is 2.60. The molecular formula is C22H30O4S. The lowest BCUT2D eigenvalue weighted by Gasteiger charge is -2.35. The number of ketones is 2. The molecule has 1 aliphatic heterocycles. The molecule has 5 heteroatoms. The molecule has 1 unspecified atom stereocenters. The van der Waals surface area contributed by atoms with Crippen molar-refractivity contribution in [3.8, 4) is 0 Å². The maximum atomic E-state index is 13.1. The number of rotatable bonds is 4. The molecule has 2 aliphatic rings. The van der Waals surface area contributed by atoms with Gasteiger partial charge in [0.2, 0.25) is 0 Å². The van der Waals surface area contributed by atoms with Crippen molar-refractivity contribution >= 4 is 21.4 Å². The largest absolute Gasteiger partial charge is 0.299 e. The Labute approximate surface area is 162 Å². The molecule has 1 atom stereocenters. The standard InChI is InChI=1S/C22H30O4S/c1-4-15-9-14(3)10-16(5-2)21(15)22-19(23)11-18(12-20(22)24)17-7-6-8-27(25,26)13-17/h9-10,17-18,22H,4-8,11-13H2,1-3H3. The Hall–Kier alpha value is -1.49. The second kappa shape index (κ2) is 7.86. The molecule has 0 radical (unpaired) electrons. The molecule has 1 heterocycles. The lowest BCUT2D eigenvalue weighted by molar-refractivity contribution is -0.134. The third kappa shape index (κ3) is 4.18. The van der Waals surface area contributed by atoms with Gasteiger partial charge in [-0.05, 0) is 61.1 Å². The normalized spacial score (nSPS) is 28.3. The highest BCUT2D eigenvalue weighted by Crippen LogP contribution is 2.40. The summed E-state index contributed by atoms with van der Waals surface area (Å²) < 4.78 is 24.0. The van der Waals surface area contributed by atoms with Crippen LogP contribution in [0.15, 0.2) is 12.1 Å². The van der Waals surface area contributed by atoms with Gasteiger partial charge in [-0.25, -0.2) is 8.42 Å². The van der Waals surface area contributed by atoms with Crippen LogP contribution in [0.5, 0.6) is 0 Å². The van der Waals surface area contributed by atoms with Crippen molar-refractivity contribution in [2.45, 2.75) is 65.2 Å². The second-order valence-corrected chi connectivity index (χ2v) is 10.5. The topological polar surface area (TPSA) is 68.3 Å². The van der Waals surface area contributed by atoms with Crippen LogP contribution < -0.4 is 0 Å². The number of carbonyl (C=O) groups is 2. The van der Waals surface area contributed by atoms with E-state index in [2.05, 4.69) is 26.0 Å². The summed E-state index contributed by atoms with van der Waals surface area (Å²) in [7, 11) is -3.03. The molecule has 0 amide bonds. The van der Waals surface area contributed by atoms with Crippen LogP contribution in [0.25, 0.3) is 0 Å². The van der Waals surface area contributed by atoms with Gasteiger partial charge in [-0.1, -0.05) is 31.5 Å². The lowest BCUT2D eigenvalue weighted by atomic mass is 9.69. The van der Waals surface area contributed by atoms with E-state index in [9.17, 15) is 18.0 Å². The van der Waals surface area contributed by atoms with Gasteiger partial charge in [-0.15, -0.1) is 0 Å². The molecule has 0 bridgehead atoms. The molecule has 2 fully saturated rings. The van der Waals surface area contributed by atoms with E-state index in [4.69, 9.17) is 0 Å².